The van der Waals surface area contributed by atoms with Crippen LogP contribution in [0.3, 0.4) is 0 Å². The highest BCUT2D eigenvalue weighted by Crippen LogP contribution is 2.38. The van der Waals surface area contributed by atoms with E-state index < -0.39 is 0 Å². The number of nitrogens with one attached hydrogen (secondary N) is 1. The van der Waals surface area contributed by atoms with Crippen LogP contribution in [0.25, 0.3) is 16.9 Å². The number of hydrogen-bond acceptors (Lipinski definition) is 5. The second kappa shape index (κ2) is 9.86. The zero-order valence-corrected chi connectivity index (χ0v) is 21.0. The van der Waals surface area contributed by atoms with Crippen LogP contribution in [-0.2, 0) is 4.79 Å². The summed E-state index contributed by atoms with van der Waals surface area (Å²) >= 11 is 0. The molecule has 3 rings (SSSR count). The van der Waals surface area contributed by atoms with Gasteiger partial charge in [-0.2, -0.15) is 0 Å². The maximum absolute atomic E-state index is 12.1. The molecule has 0 saturated carbocycles. The van der Waals surface area contributed by atoms with Gasteiger partial charge in [0.2, 0.25) is 0 Å². The minimum atomic E-state index is -0.248. The Morgan fingerprint density at radius 1 is 1.09 bits per heavy atom. The number of benzene rings is 1. The van der Waals surface area contributed by atoms with Gasteiger partial charge in [0.15, 0.2) is 11.5 Å². The summed E-state index contributed by atoms with van der Waals surface area (Å²) in [6, 6.07) is 11.6. The Balaban J connectivity index is 2.01. The summed E-state index contributed by atoms with van der Waals surface area (Å²) in [7, 11) is 1.58. The number of aromatic nitrogens is 2. The topological polar surface area (TPSA) is 64.9 Å². The van der Waals surface area contributed by atoms with E-state index in [4.69, 9.17) is 14.5 Å². The van der Waals surface area contributed by atoms with Crippen molar-refractivity contribution in [3.63, 3.8) is 0 Å². The lowest BCUT2D eigenvalue weighted by Crippen LogP contribution is -2.36. The molecule has 0 unspecified atom stereocenters. The number of hydrogen-bond donors (Lipinski definition) is 1. The molecule has 0 radical (unpaired) electrons. The van der Waals surface area contributed by atoms with Gasteiger partial charge in [-0.25, -0.2) is 4.98 Å². The number of fused-ring (bicyclic) bond motifs is 1. The molecule has 0 aliphatic rings. The first-order valence-corrected chi connectivity index (χ1v) is 11.7. The number of methoxy groups -OCH3 is 1. The van der Waals surface area contributed by atoms with Crippen LogP contribution in [0.2, 0.25) is 0 Å². The standard InChI is InChI=1S/C27H37N3O3/c1-8-9-13-23(31)33-20-15-14-19(17-21(20)32-7)24-25(29-27(5,6)18-26(2,3)4)30-16-11-10-12-22(30)28-24/h10-12,14-17,29H,8-9,13,18H2,1-7H3. The number of esters is 1. The number of rotatable bonds is 9. The Hall–Kier alpha value is -3.02. The van der Waals surface area contributed by atoms with Crippen molar-refractivity contribution < 1.29 is 14.3 Å². The first-order valence-electron chi connectivity index (χ1n) is 11.7. The summed E-state index contributed by atoms with van der Waals surface area (Å²) in [5, 5.41) is 3.75. The van der Waals surface area contributed by atoms with Crippen molar-refractivity contribution in [1.29, 1.82) is 0 Å². The molecule has 178 valence electrons. The third-order valence-corrected chi connectivity index (χ3v) is 5.35. The summed E-state index contributed by atoms with van der Waals surface area (Å²) < 4.78 is 13.2. The summed E-state index contributed by atoms with van der Waals surface area (Å²) in [5.74, 6) is 1.61. The highest BCUT2D eigenvalue weighted by atomic mass is 16.6. The Morgan fingerprint density at radius 3 is 2.52 bits per heavy atom. The SMILES string of the molecule is CCCCC(=O)Oc1ccc(-c2nc3ccccn3c2NC(C)(C)CC(C)(C)C)cc1OC. The number of carbonyl (C=O) groups is 1. The quantitative estimate of drug-likeness (QED) is 0.288. The van der Waals surface area contributed by atoms with Gasteiger partial charge in [0.05, 0.1) is 7.11 Å². The van der Waals surface area contributed by atoms with Crippen molar-refractivity contribution in [2.75, 3.05) is 12.4 Å². The second-order valence-corrected chi connectivity index (χ2v) is 10.4. The van der Waals surface area contributed by atoms with E-state index >= 15 is 0 Å². The van der Waals surface area contributed by atoms with Gasteiger partial charge in [-0.15, -0.1) is 0 Å². The molecule has 2 heterocycles. The molecule has 6 nitrogen and oxygen atoms in total. The van der Waals surface area contributed by atoms with Crippen molar-refractivity contribution in [2.45, 2.75) is 72.8 Å². The molecule has 0 saturated heterocycles. The van der Waals surface area contributed by atoms with E-state index in [1.807, 2.05) is 43.5 Å². The molecule has 33 heavy (non-hydrogen) atoms. The predicted molar refractivity (Wildman–Crippen MR) is 134 cm³/mol. The van der Waals surface area contributed by atoms with Crippen LogP contribution >= 0.6 is 0 Å². The molecule has 0 bridgehead atoms. The lowest BCUT2D eigenvalue weighted by Gasteiger charge is -2.34. The van der Waals surface area contributed by atoms with Crippen molar-refractivity contribution in [2.24, 2.45) is 5.41 Å². The van der Waals surface area contributed by atoms with Gasteiger partial charge < -0.3 is 14.8 Å². The number of unbranched alkanes of at least 4 members (excludes halogenated alkanes) is 1. The van der Waals surface area contributed by atoms with Crippen LogP contribution in [-0.4, -0.2) is 28.0 Å². The van der Waals surface area contributed by atoms with Crippen LogP contribution in [0.15, 0.2) is 42.6 Å². The Bertz CT molecular complexity index is 1110. The molecule has 0 aliphatic carbocycles. The monoisotopic (exact) mass is 451 g/mol. The number of carbonyl (C=O) groups excluding carboxylic acids is 1. The number of nitrogens with zero attached hydrogens (tertiary/aromatic N) is 2. The van der Waals surface area contributed by atoms with E-state index in [-0.39, 0.29) is 16.9 Å². The minimum absolute atomic E-state index is 0.155. The van der Waals surface area contributed by atoms with Crippen LogP contribution in [0, 0.1) is 5.41 Å². The van der Waals surface area contributed by atoms with Gasteiger partial charge in [0.1, 0.15) is 17.2 Å². The van der Waals surface area contributed by atoms with Gasteiger partial charge in [0.25, 0.3) is 0 Å². The maximum Gasteiger partial charge on any atom is 0.311 e. The molecule has 2 aromatic heterocycles. The number of anilines is 1. The van der Waals surface area contributed by atoms with E-state index in [2.05, 4.69) is 44.3 Å². The first-order chi connectivity index (χ1) is 15.5. The van der Waals surface area contributed by atoms with Gasteiger partial charge in [-0.3, -0.25) is 9.20 Å². The number of imidazole rings is 1. The Kier molecular flexibility index (Phi) is 7.35. The molecule has 0 fully saturated rings. The second-order valence-electron chi connectivity index (χ2n) is 10.4. The zero-order chi connectivity index (χ0) is 24.2. The molecule has 0 atom stereocenters. The lowest BCUT2D eigenvalue weighted by atomic mass is 9.82. The molecular formula is C27H37N3O3. The molecule has 6 heteroatoms. The highest BCUT2D eigenvalue weighted by molar-refractivity contribution is 5.79. The number of pyridine rings is 1. The van der Waals surface area contributed by atoms with E-state index in [0.29, 0.717) is 17.9 Å². The smallest absolute Gasteiger partial charge is 0.311 e. The molecule has 0 amide bonds. The summed E-state index contributed by atoms with van der Waals surface area (Å²) in [6.07, 6.45) is 5.14. The molecule has 3 aromatic rings. The number of ether oxygens (including phenoxy) is 2. The van der Waals surface area contributed by atoms with Gasteiger partial charge in [-0.1, -0.05) is 40.2 Å². The van der Waals surface area contributed by atoms with E-state index in [1.54, 1.807) is 13.2 Å². The van der Waals surface area contributed by atoms with Crippen LogP contribution in [0.4, 0.5) is 5.82 Å². The molecular weight excluding hydrogens is 414 g/mol. The normalized spacial score (nSPS) is 12.1. The Morgan fingerprint density at radius 2 is 1.85 bits per heavy atom. The van der Waals surface area contributed by atoms with Crippen molar-refractivity contribution in [3.05, 3.63) is 42.6 Å². The third kappa shape index (κ3) is 6.28. The fourth-order valence-electron chi connectivity index (χ4n) is 4.40. The molecule has 0 aliphatic heterocycles. The summed E-state index contributed by atoms with van der Waals surface area (Å²) in [5.41, 5.74) is 2.58. The largest absolute Gasteiger partial charge is 0.493 e. The van der Waals surface area contributed by atoms with Crippen molar-refractivity contribution in [1.82, 2.24) is 9.38 Å². The van der Waals surface area contributed by atoms with Gasteiger partial charge in [-0.05, 0) is 62.4 Å². The third-order valence-electron chi connectivity index (χ3n) is 5.35. The highest BCUT2D eigenvalue weighted by Gasteiger charge is 2.28. The Labute approximate surface area is 197 Å². The zero-order valence-electron chi connectivity index (χ0n) is 21.0. The van der Waals surface area contributed by atoms with Crippen molar-refractivity contribution >= 4 is 17.4 Å². The van der Waals surface area contributed by atoms with E-state index in [1.165, 1.54) is 0 Å². The van der Waals surface area contributed by atoms with Gasteiger partial charge >= 0.3 is 5.97 Å². The first kappa shape index (κ1) is 24.6. The van der Waals surface area contributed by atoms with Crippen LogP contribution in [0.1, 0.15) is 67.2 Å². The summed E-state index contributed by atoms with van der Waals surface area (Å²) in [4.78, 5) is 17.0. The summed E-state index contributed by atoms with van der Waals surface area (Å²) in [6.45, 7) is 13.2. The van der Waals surface area contributed by atoms with Crippen LogP contribution in [0.5, 0.6) is 11.5 Å². The maximum atomic E-state index is 12.1. The average molecular weight is 452 g/mol. The molecule has 1 aromatic carbocycles. The lowest BCUT2D eigenvalue weighted by molar-refractivity contribution is -0.134. The van der Waals surface area contributed by atoms with E-state index in [0.717, 1.165) is 42.0 Å². The molecule has 1 N–H and O–H groups in total. The average Bonchev–Trinajstić information content (AvgIpc) is 3.08. The van der Waals surface area contributed by atoms with E-state index in [9.17, 15) is 4.79 Å². The minimum Gasteiger partial charge on any atom is -0.493 e. The fraction of sp³-hybridized carbons (Fsp3) is 0.481. The van der Waals surface area contributed by atoms with Crippen LogP contribution < -0.4 is 14.8 Å². The molecule has 0 spiro atoms. The fourth-order valence-corrected chi connectivity index (χ4v) is 4.40. The predicted octanol–water partition coefficient (Wildman–Crippen LogP) is 6.73. The van der Waals surface area contributed by atoms with Gasteiger partial charge in [0, 0.05) is 23.7 Å². The van der Waals surface area contributed by atoms with Crippen molar-refractivity contribution in [3.8, 4) is 22.8 Å².